The average Bonchev–Trinajstić information content (AvgIpc) is 3.17. The first-order valence-electron chi connectivity index (χ1n) is 9.95. The van der Waals surface area contributed by atoms with Crippen LogP contribution in [0.5, 0.6) is 0 Å². The van der Waals surface area contributed by atoms with E-state index in [0.717, 1.165) is 17.1 Å². The molecule has 0 unspecified atom stereocenters. The van der Waals surface area contributed by atoms with Gasteiger partial charge >= 0.3 is 0 Å². The highest BCUT2D eigenvalue weighted by atomic mass is 35.5. The Kier molecular flexibility index (Phi) is 7.19. The lowest BCUT2D eigenvalue weighted by atomic mass is 10.2. The molecule has 1 aromatic carbocycles. The number of aromatic nitrogens is 1. The Morgan fingerprint density at radius 1 is 1.16 bits per heavy atom. The van der Waals surface area contributed by atoms with Crippen molar-refractivity contribution in [3.63, 3.8) is 0 Å². The molecule has 0 radical (unpaired) electrons. The Hall–Kier alpha value is -2.45. The summed E-state index contributed by atoms with van der Waals surface area (Å²) in [6.45, 7) is 2.52. The summed E-state index contributed by atoms with van der Waals surface area (Å²) in [7, 11) is 0. The van der Waals surface area contributed by atoms with E-state index in [-0.39, 0.29) is 5.88 Å². The number of thiophene rings is 1. The number of aliphatic hydroxyl groups is 1. The van der Waals surface area contributed by atoms with Crippen LogP contribution < -0.4 is 16.0 Å². The number of hydrogen-bond acceptors (Lipinski definition) is 7. The van der Waals surface area contributed by atoms with Crippen LogP contribution in [0.3, 0.4) is 0 Å². The van der Waals surface area contributed by atoms with E-state index in [2.05, 4.69) is 26.3 Å². The molecule has 31 heavy (non-hydrogen) atoms. The highest BCUT2D eigenvalue weighted by molar-refractivity contribution is 7.17. The molecule has 9 heteroatoms. The number of hydrogen-bond donors (Lipinski definition) is 4. The summed E-state index contributed by atoms with van der Waals surface area (Å²) in [5.74, 6) is 0.599. The van der Waals surface area contributed by atoms with Gasteiger partial charge in [0.1, 0.15) is 5.16 Å². The molecule has 1 aliphatic heterocycles. The largest absolute Gasteiger partial charge is 0.492 e. The van der Waals surface area contributed by atoms with Gasteiger partial charge in [0.15, 0.2) is 5.82 Å². The van der Waals surface area contributed by atoms with Gasteiger partial charge in [-0.2, -0.15) is 0 Å². The predicted molar refractivity (Wildman–Crippen MR) is 128 cm³/mol. The zero-order valence-electron chi connectivity index (χ0n) is 16.7. The number of pyridine rings is 1. The van der Waals surface area contributed by atoms with Crippen molar-refractivity contribution in [3.8, 4) is 0 Å². The van der Waals surface area contributed by atoms with Crippen molar-refractivity contribution < 1.29 is 5.11 Å². The van der Waals surface area contributed by atoms with Crippen LogP contribution in [-0.4, -0.2) is 34.6 Å². The second-order valence-corrected chi connectivity index (χ2v) is 8.77. The minimum Gasteiger partial charge on any atom is -0.492 e. The van der Waals surface area contributed by atoms with E-state index in [1.165, 1.54) is 15.6 Å². The number of nitrogens with zero attached hydrogens (tertiary/aromatic N) is 2. The van der Waals surface area contributed by atoms with Gasteiger partial charge < -0.3 is 21.1 Å². The van der Waals surface area contributed by atoms with Crippen molar-refractivity contribution in [2.45, 2.75) is 13.0 Å². The molecule has 0 amide bonds. The zero-order valence-corrected chi connectivity index (χ0v) is 19.1. The van der Waals surface area contributed by atoms with Crippen LogP contribution >= 0.6 is 34.5 Å². The molecule has 162 valence electrons. The first-order chi connectivity index (χ1) is 15.1. The van der Waals surface area contributed by atoms with E-state index < -0.39 is 0 Å². The molecule has 6 nitrogen and oxygen atoms in total. The summed E-state index contributed by atoms with van der Waals surface area (Å²) < 4.78 is 1.22. The van der Waals surface area contributed by atoms with Crippen LogP contribution in [0.2, 0.25) is 5.02 Å². The standard InChI is InChI=1S/C22H23Cl2N5OS/c23-16-4-5-19-18(11-16)15(14-31-19)12-25-9-10-29-20(24)13-28-21(22(29)30)27-8-6-17-3-1-2-7-26-17/h1-5,7,11,13-14,25,27-28,30H,6,8-10,12H2. The third kappa shape index (κ3) is 5.43. The maximum Gasteiger partial charge on any atom is 0.234 e. The maximum absolute atomic E-state index is 10.7. The van der Waals surface area contributed by atoms with Crippen LogP contribution in [0.15, 0.2) is 71.0 Å². The van der Waals surface area contributed by atoms with Crippen LogP contribution in [-0.2, 0) is 13.0 Å². The van der Waals surface area contributed by atoms with Gasteiger partial charge in [0, 0.05) is 60.4 Å². The second-order valence-electron chi connectivity index (χ2n) is 7.04. The molecule has 0 saturated heterocycles. The number of fused-ring (bicyclic) bond motifs is 1. The molecule has 4 rings (SSSR count). The number of aliphatic hydroxyl groups excluding tert-OH is 1. The topological polar surface area (TPSA) is 72.5 Å². The van der Waals surface area contributed by atoms with Gasteiger partial charge in [0.25, 0.3) is 0 Å². The molecule has 4 N–H and O–H groups in total. The summed E-state index contributed by atoms with van der Waals surface area (Å²) >= 11 is 14.1. The average molecular weight is 476 g/mol. The van der Waals surface area contributed by atoms with Crippen molar-refractivity contribution in [1.82, 2.24) is 25.8 Å². The lowest BCUT2D eigenvalue weighted by Crippen LogP contribution is -2.39. The van der Waals surface area contributed by atoms with Gasteiger partial charge in [-0.05, 0) is 46.7 Å². The van der Waals surface area contributed by atoms with Crippen LogP contribution in [0.1, 0.15) is 11.3 Å². The molecule has 3 aromatic rings. The van der Waals surface area contributed by atoms with E-state index in [0.29, 0.717) is 37.2 Å². The van der Waals surface area contributed by atoms with Crippen molar-refractivity contribution in [2.75, 3.05) is 19.6 Å². The van der Waals surface area contributed by atoms with Gasteiger partial charge in [-0.25, -0.2) is 0 Å². The molecule has 0 saturated carbocycles. The number of benzene rings is 1. The first kappa shape index (κ1) is 21.8. The number of rotatable bonds is 9. The Balaban J connectivity index is 1.29. The Morgan fingerprint density at radius 2 is 2.06 bits per heavy atom. The molecule has 0 spiro atoms. The molecule has 0 bridgehead atoms. The van der Waals surface area contributed by atoms with Crippen LogP contribution in [0, 0.1) is 0 Å². The number of halogens is 2. The molecular weight excluding hydrogens is 453 g/mol. The van der Waals surface area contributed by atoms with Crippen molar-refractivity contribution in [2.24, 2.45) is 0 Å². The third-order valence-electron chi connectivity index (χ3n) is 4.93. The summed E-state index contributed by atoms with van der Waals surface area (Å²) in [4.78, 5) is 5.97. The Labute approximate surface area is 195 Å². The highest BCUT2D eigenvalue weighted by Crippen LogP contribution is 2.28. The normalized spacial score (nSPS) is 14.0. The van der Waals surface area contributed by atoms with E-state index in [1.54, 1.807) is 28.6 Å². The fourth-order valence-electron chi connectivity index (χ4n) is 3.32. The zero-order chi connectivity index (χ0) is 21.6. The van der Waals surface area contributed by atoms with Crippen molar-refractivity contribution in [3.05, 3.63) is 87.3 Å². The summed E-state index contributed by atoms with van der Waals surface area (Å²) in [5, 5.41) is 24.8. The summed E-state index contributed by atoms with van der Waals surface area (Å²) in [6, 6.07) is 11.8. The lowest BCUT2D eigenvalue weighted by Gasteiger charge is -2.29. The molecule has 1 aliphatic rings. The third-order valence-corrected chi connectivity index (χ3v) is 6.49. The molecule has 0 aliphatic carbocycles. The molecule has 0 atom stereocenters. The molecule has 2 aromatic heterocycles. The molecule has 3 heterocycles. The lowest BCUT2D eigenvalue weighted by molar-refractivity contribution is 0.229. The minimum atomic E-state index is 0.0723. The summed E-state index contributed by atoms with van der Waals surface area (Å²) in [6.07, 6.45) is 4.19. The smallest absolute Gasteiger partial charge is 0.234 e. The SMILES string of the molecule is OC1=C(NCCc2ccccn2)NC=C(Cl)N1CCNCc1csc2ccc(Cl)cc12. The second kappa shape index (κ2) is 10.2. The number of nitrogens with one attached hydrogen (secondary N) is 3. The van der Waals surface area contributed by atoms with Crippen LogP contribution in [0.4, 0.5) is 0 Å². The fraction of sp³-hybridized carbons (Fsp3) is 0.227. The van der Waals surface area contributed by atoms with Gasteiger partial charge in [0.2, 0.25) is 5.88 Å². The Bertz CT molecular complexity index is 1100. The van der Waals surface area contributed by atoms with E-state index >= 15 is 0 Å². The maximum atomic E-state index is 10.7. The molecule has 0 fully saturated rings. The fourth-order valence-corrected chi connectivity index (χ4v) is 4.65. The first-order valence-corrected chi connectivity index (χ1v) is 11.6. The van der Waals surface area contributed by atoms with Crippen molar-refractivity contribution in [1.29, 1.82) is 0 Å². The monoisotopic (exact) mass is 475 g/mol. The van der Waals surface area contributed by atoms with Gasteiger partial charge in [-0.1, -0.05) is 29.3 Å². The van der Waals surface area contributed by atoms with E-state index in [9.17, 15) is 5.11 Å². The highest BCUT2D eigenvalue weighted by Gasteiger charge is 2.21. The van der Waals surface area contributed by atoms with E-state index in [1.807, 2.05) is 36.4 Å². The summed E-state index contributed by atoms with van der Waals surface area (Å²) in [5.41, 5.74) is 2.20. The molecular formula is C22H23Cl2N5OS. The predicted octanol–water partition coefficient (Wildman–Crippen LogP) is 4.50. The van der Waals surface area contributed by atoms with Crippen LogP contribution in [0.25, 0.3) is 10.1 Å². The van der Waals surface area contributed by atoms with E-state index in [4.69, 9.17) is 23.2 Å². The quantitative estimate of drug-likeness (QED) is 0.269. The van der Waals surface area contributed by atoms with Crippen molar-refractivity contribution >= 4 is 44.6 Å². The van der Waals surface area contributed by atoms with Gasteiger partial charge in [0.05, 0.1) is 0 Å². The van der Waals surface area contributed by atoms with Gasteiger partial charge in [-0.15, -0.1) is 11.3 Å². The minimum absolute atomic E-state index is 0.0723. The van der Waals surface area contributed by atoms with Gasteiger partial charge in [-0.3, -0.25) is 9.88 Å². The Morgan fingerprint density at radius 3 is 2.90 bits per heavy atom.